The molecule has 0 aromatic heterocycles. The van der Waals surface area contributed by atoms with E-state index in [1.807, 2.05) is 0 Å². The third-order valence-electron chi connectivity index (χ3n) is 2.61. The Morgan fingerprint density at radius 1 is 1.07 bits per heavy atom. The molecule has 2 rings (SSSR count). The summed E-state index contributed by atoms with van der Waals surface area (Å²) in [6, 6.07) is 10.8. The highest BCUT2D eigenvalue weighted by Crippen LogP contribution is 2.51. The van der Waals surface area contributed by atoms with E-state index < -0.39 is 0 Å². The van der Waals surface area contributed by atoms with E-state index in [0.717, 1.165) is 0 Å². The van der Waals surface area contributed by atoms with Crippen molar-refractivity contribution in [2.24, 2.45) is 0 Å². The molecule has 1 nitrogen and oxygen atoms in total. The number of thioether (sulfide) groups is 2. The minimum Gasteiger partial charge on any atom is -0.283 e. The summed E-state index contributed by atoms with van der Waals surface area (Å²) in [5, 5.41) is 0. The third-order valence-corrected chi connectivity index (χ3v) is 6.29. The van der Waals surface area contributed by atoms with E-state index in [9.17, 15) is 0 Å². The van der Waals surface area contributed by atoms with Gasteiger partial charge in [-0.3, -0.25) is 4.90 Å². The average molecular weight is 239 g/mol. The lowest BCUT2D eigenvalue weighted by atomic mass is 10.2. The normalized spacial score (nSPS) is 20.5. The summed E-state index contributed by atoms with van der Waals surface area (Å²) < 4.78 is 0.138. The number of nitrogens with zero attached hydrogens (tertiary/aromatic N) is 1. The minimum absolute atomic E-state index is 0.138. The number of hydrogen-bond donors (Lipinski definition) is 0. The van der Waals surface area contributed by atoms with Crippen LogP contribution in [0.2, 0.25) is 0 Å². The van der Waals surface area contributed by atoms with Gasteiger partial charge in [-0.1, -0.05) is 30.3 Å². The van der Waals surface area contributed by atoms with Crippen molar-refractivity contribution in [1.82, 2.24) is 4.90 Å². The molecule has 1 aromatic carbocycles. The van der Waals surface area contributed by atoms with E-state index in [4.69, 9.17) is 0 Å². The zero-order valence-electron chi connectivity index (χ0n) is 9.27. The molecule has 1 heterocycles. The molecule has 1 aromatic rings. The van der Waals surface area contributed by atoms with Gasteiger partial charge in [-0.15, -0.1) is 23.5 Å². The zero-order chi connectivity index (χ0) is 10.7. The maximum Gasteiger partial charge on any atom is 0.139 e. The van der Waals surface area contributed by atoms with Crippen LogP contribution in [0.15, 0.2) is 30.3 Å². The van der Waals surface area contributed by atoms with Gasteiger partial charge in [0.1, 0.15) is 4.20 Å². The summed E-state index contributed by atoms with van der Waals surface area (Å²) in [4.78, 5) is 2.34. The first-order valence-electron chi connectivity index (χ1n) is 5.26. The molecule has 0 unspecified atom stereocenters. The van der Waals surface area contributed by atoms with Crippen molar-refractivity contribution < 1.29 is 0 Å². The first-order chi connectivity index (χ1) is 7.26. The Labute approximate surface area is 101 Å². The fraction of sp³-hybridized carbons (Fsp3) is 0.500. The van der Waals surface area contributed by atoms with Crippen molar-refractivity contribution in [2.75, 3.05) is 25.6 Å². The van der Waals surface area contributed by atoms with Gasteiger partial charge in [-0.25, -0.2) is 0 Å². The number of benzene rings is 1. The van der Waals surface area contributed by atoms with E-state index in [1.54, 1.807) is 0 Å². The quantitative estimate of drug-likeness (QED) is 0.780. The maximum atomic E-state index is 2.34. The summed E-state index contributed by atoms with van der Waals surface area (Å²) in [6.45, 7) is 0. The van der Waals surface area contributed by atoms with Gasteiger partial charge in [0.25, 0.3) is 0 Å². The third kappa shape index (κ3) is 2.19. The van der Waals surface area contributed by atoms with Gasteiger partial charge in [0.15, 0.2) is 0 Å². The molecule has 0 spiro atoms. The van der Waals surface area contributed by atoms with E-state index in [-0.39, 0.29) is 4.20 Å². The van der Waals surface area contributed by atoms with Crippen molar-refractivity contribution in [2.45, 2.75) is 10.6 Å². The van der Waals surface area contributed by atoms with Gasteiger partial charge < -0.3 is 0 Å². The molecule has 0 bridgehead atoms. The molecule has 15 heavy (non-hydrogen) atoms. The van der Waals surface area contributed by atoms with Crippen LogP contribution in [-0.2, 0) is 4.20 Å². The summed E-state index contributed by atoms with van der Waals surface area (Å²) >= 11 is 4.12. The molecular formula is C12H17NS2. The molecule has 82 valence electrons. The van der Waals surface area contributed by atoms with E-state index >= 15 is 0 Å². The second kappa shape index (κ2) is 4.81. The Bertz CT molecular complexity index is 305. The number of rotatable bonds is 2. The lowest BCUT2D eigenvalue weighted by Gasteiger charge is -2.41. The fourth-order valence-electron chi connectivity index (χ4n) is 1.85. The predicted octanol–water partition coefficient (Wildman–Crippen LogP) is 3.23. The Balaban J connectivity index is 2.34. The topological polar surface area (TPSA) is 3.24 Å². The highest BCUT2D eigenvalue weighted by Gasteiger charge is 2.37. The lowest BCUT2D eigenvalue weighted by Crippen LogP contribution is -2.37. The second-order valence-corrected chi connectivity index (χ2v) is 6.73. The maximum absolute atomic E-state index is 2.34. The molecule has 1 fully saturated rings. The molecular weight excluding hydrogens is 222 g/mol. The average Bonchev–Trinajstić information content (AvgIpc) is 2.31. The largest absolute Gasteiger partial charge is 0.283 e. The van der Waals surface area contributed by atoms with Crippen LogP contribution in [-0.4, -0.2) is 30.5 Å². The predicted molar refractivity (Wildman–Crippen MR) is 71.3 cm³/mol. The smallest absolute Gasteiger partial charge is 0.139 e. The first-order valence-corrected chi connectivity index (χ1v) is 7.24. The first kappa shape index (κ1) is 11.4. The highest BCUT2D eigenvalue weighted by atomic mass is 32.2. The monoisotopic (exact) mass is 239 g/mol. The van der Waals surface area contributed by atoms with Crippen LogP contribution in [0.3, 0.4) is 0 Å². The van der Waals surface area contributed by atoms with E-state index in [1.165, 1.54) is 23.5 Å². The van der Waals surface area contributed by atoms with Crippen molar-refractivity contribution in [3.05, 3.63) is 35.9 Å². The summed E-state index contributed by atoms with van der Waals surface area (Å²) in [7, 11) is 4.36. The van der Waals surface area contributed by atoms with Crippen LogP contribution in [0.5, 0.6) is 0 Å². The van der Waals surface area contributed by atoms with Gasteiger partial charge in [-0.05, 0) is 37.6 Å². The lowest BCUT2D eigenvalue weighted by molar-refractivity contribution is 0.356. The Kier molecular flexibility index (Phi) is 3.65. The van der Waals surface area contributed by atoms with Gasteiger partial charge >= 0.3 is 0 Å². The van der Waals surface area contributed by atoms with Crippen molar-refractivity contribution in [3.8, 4) is 0 Å². The van der Waals surface area contributed by atoms with Crippen LogP contribution in [0.1, 0.15) is 12.0 Å². The van der Waals surface area contributed by atoms with Gasteiger partial charge in [0.05, 0.1) is 0 Å². The second-order valence-electron chi connectivity index (χ2n) is 3.89. The summed E-state index contributed by atoms with van der Waals surface area (Å²) in [6.07, 6.45) is 1.33. The molecule has 0 atom stereocenters. The molecule has 0 radical (unpaired) electrons. The summed E-state index contributed by atoms with van der Waals surface area (Å²) in [5.74, 6) is 2.53. The molecule has 1 aliphatic heterocycles. The SMILES string of the molecule is CN(C)C1(c2ccccc2)SCCCS1. The molecule has 0 amide bonds. The fourth-order valence-corrected chi connectivity index (χ4v) is 5.12. The van der Waals surface area contributed by atoms with Crippen LogP contribution in [0.4, 0.5) is 0 Å². The highest BCUT2D eigenvalue weighted by molar-refractivity contribution is 8.17. The van der Waals surface area contributed by atoms with E-state index in [0.29, 0.717) is 0 Å². The van der Waals surface area contributed by atoms with Crippen LogP contribution in [0.25, 0.3) is 0 Å². The van der Waals surface area contributed by atoms with Gasteiger partial charge in [0, 0.05) is 0 Å². The Morgan fingerprint density at radius 3 is 2.20 bits per heavy atom. The zero-order valence-corrected chi connectivity index (χ0v) is 10.9. The standard InChI is InChI=1S/C12H17NS2/c1-13(2)12(14-9-6-10-15-12)11-7-4-3-5-8-11/h3-5,7-8H,6,9-10H2,1-2H3. The van der Waals surface area contributed by atoms with Crippen LogP contribution >= 0.6 is 23.5 Å². The molecule has 1 aliphatic rings. The number of hydrogen-bond acceptors (Lipinski definition) is 3. The molecule has 3 heteroatoms. The van der Waals surface area contributed by atoms with E-state index in [2.05, 4.69) is 72.9 Å². The molecule has 0 N–H and O–H groups in total. The summed E-state index contributed by atoms with van der Waals surface area (Å²) in [5.41, 5.74) is 1.42. The molecule has 1 saturated heterocycles. The van der Waals surface area contributed by atoms with Crippen molar-refractivity contribution >= 4 is 23.5 Å². The van der Waals surface area contributed by atoms with Crippen molar-refractivity contribution in [1.29, 1.82) is 0 Å². The van der Waals surface area contributed by atoms with Crippen LogP contribution < -0.4 is 0 Å². The molecule has 0 aliphatic carbocycles. The van der Waals surface area contributed by atoms with Gasteiger partial charge in [0.2, 0.25) is 0 Å². The van der Waals surface area contributed by atoms with Crippen LogP contribution in [0, 0.1) is 0 Å². The van der Waals surface area contributed by atoms with Gasteiger partial charge in [-0.2, -0.15) is 0 Å². The Hall–Kier alpha value is -0.120. The van der Waals surface area contributed by atoms with Crippen molar-refractivity contribution in [3.63, 3.8) is 0 Å². The Morgan fingerprint density at radius 2 is 1.67 bits per heavy atom. The molecule has 0 saturated carbocycles. The minimum atomic E-state index is 0.138.